The molecular weight excluding hydrogens is 320 g/mol. The first-order chi connectivity index (χ1) is 12.0. The zero-order valence-electron chi connectivity index (χ0n) is 14.5. The summed E-state index contributed by atoms with van der Waals surface area (Å²) in [6.07, 6.45) is 3.95. The zero-order valence-corrected chi connectivity index (χ0v) is 14.5. The van der Waals surface area contributed by atoms with Gasteiger partial charge in [-0.25, -0.2) is 0 Å². The number of nitrogens with one attached hydrogen (secondary N) is 2. The summed E-state index contributed by atoms with van der Waals surface area (Å²) in [5, 5.41) is 9.86. The molecular formula is C18H22N4O3. The summed E-state index contributed by atoms with van der Waals surface area (Å²) < 4.78 is 5.10. The van der Waals surface area contributed by atoms with Gasteiger partial charge in [0.1, 0.15) is 5.54 Å². The van der Waals surface area contributed by atoms with E-state index in [4.69, 9.17) is 4.52 Å². The Bertz CT molecular complexity index is 761. The monoisotopic (exact) mass is 342 g/mol. The maximum Gasteiger partial charge on any atom is 0.225 e. The number of amides is 2. The highest BCUT2D eigenvalue weighted by Crippen LogP contribution is 2.37. The summed E-state index contributed by atoms with van der Waals surface area (Å²) in [5.41, 5.74) is 1.07. The average Bonchev–Trinajstić information content (AvgIpc) is 3.19. The van der Waals surface area contributed by atoms with Crippen LogP contribution >= 0.6 is 0 Å². The third-order valence-electron chi connectivity index (χ3n) is 4.43. The number of carbonyl (C=O) groups is 2. The summed E-state index contributed by atoms with van der Waals surface area (Å²) in [6.45, 7) is 3.21. The lowest BCUT2D eigenvalue weighted by Crippen LogP contribution is -2.45. The number of aromatic nitrogens is 2. The van der Waals surface area contributed by atoms with Gasteiger partial charge in [0.05, 0.1) is 6.42 Å². The van der Waals surface area contributed by atoms with E-state index >= 15 is 0 Å². The number of hydrogen-bond acceptors (Lipinski definition) is 5. The van der Waals surface area contributed by atoms with Crippen LogP contribution in [0.5, 0.6) is 0 Å². The quantitative estimate of drug-likeness (QED) is 0.870. The Kier molecular flexibility index (Phi) is 4.83. The highest BCUT2D eigenvalue weighted by Gasteiger charge is 2.41. The first kappa shape index (κ1) is 17.1. The van der Waals surface area contributed by atoms with E-state index in [0.29, 0.717) is 17.4 Å². The van der Waals surface area contributed by atoms with Gasteiger partial charge in [-0.1, -0.05) is 30.1 Å². The molecule has 1 heterocycles. The van der Waals surface area contributed by atoms with Crippen molar-refractivity contribution in [1.29, 1.82) is 0 Å². The van der Waals surface area contributed by atoms with Gasteiger partial charge in [0.25, 0.3) is 0 Å². The number of benzene rings is 1. The van der Waals surface area contributed by atoms with Crippen LogP contribution < -0.4 is 10.6 Å². The van der Waals surface area contributed by atoms with Gasteiger partial charge in [0, 0.05) is 19.5 Å². The van der Waals surface area contributed by atoms with Gasteiger partial charge >= 0.3 is 0 Å². The summed E-state index contributed by atoms with van der Waals surface area (Å²) >= 11 is 0. The van der Waals surface area contributed by atoms with Crippen LogP contribution in [-0.2, 0) is 21.5 Å². The van der Waals surface area contributed by atoms with Crippen LogP contribution in [0.15, 0.2) is 28.8 Å². The van der Waals surface area contributed by atoms with Crippen molar-refractivity contribution in [1.82, 2.24) is 15.5 Å². The van der Waals surface area contributed by atoms with Crippen LogP contribution in [0.3, 0.4) is 0 Å². The van der Waals surface area contributed by atoms with Gasteiger partial charge < -0.3 is 15.2 Å². The molecule has 0 bridgehead atoms. The highest BCUT2D eigenvalue weighted by molar-refractivity contribution is 5.88. The molecule has 1 fully saturated rings. The van der Waals surface area contributed by atoms with Crippen molar-refractivity contribution in [2.75, 3.05) is 5.32 Å². The van der Waals surface area contributed by atoms with Gasteiger partial charge in [-0.3, -0.25) is 9.59 Å². The molecule has 2 aromatic rings. The number of anilines is 1. The minimum atomic E-state index is -0.523. The predicted octanol–water partition coefficient (Wildman–Crippen LogP) is 2.46. The van der Waals surface area contributed by atoms with E-state index in [9.17, 15) is 9.59 Å². The molecule has 2 N–H and O–H groups in total. The van der Waals surface area contributed by atoms with Crippen LogP contribution in [-0.4, -0.2) is 22.0 Å². The predicted molar refractivity (Wildman–Crippen MR) is 91.8 cm³/mol. The maximum atomic E-state index is 12.5. The van der Waals surface area contributed by atoms with Crippen molar-refractivity contribution >= 4 is 17.5 Å². The van der Waals surface area contributed by atoms with Crippen LogP contribution in [0.1, 0.15) is 49.9 Å². The summed E-state index contributed by atoms with van der Waals surface area (Å²) in [7, 11) is 0. The van der Waals surface area contributed by atoms with Crippen molar-refractivity contribution in [3.05, 3.63) is 41.5 Å². The third-order valence-corrected chi connectivity index (χ3v) is 4.43. The summed E-state index contributed by atoms with van der Waals surface area (Å²) in [6, 6.07) is 7.26. The van der Waals surface area contributed by atoms with Crippen LogP contribution in [0.4, 0.5) is 5.69 Å². The topological polar surface area (TPSA) is 97.1 Å². The lowest BCUT2D eigenvalue weighted by Gasteiger charge is -2.26. The average molecular weight is 342 g/mol. The number of nitrogens with zero attached hydrogens (tertiary/aromatic N) is 2. The maximum absolute atomic E-state index is 12.5. The first-order valence-corrected chi connectivity index (χ1v) is 8.45. The second kappa shape index (κ2) is 7.04. The molecule has 7 heteroatoms. The highest BCUT2D eigenvalue weighted by atomic mass is 16.5. The molecule has 0 unspecified atom stereocenters. The zero-order chi connectivity index (χ0) is 17.9. The first-order valence-electron chi connectivity index (χ1n) is 8.45. The van der Waals surface area contributed by atoms with Gasteiger partial charge in [-0.2, -0.15) is 4.98 Å². The Morgan fingerprint density at radius 2 is 1.88 bits per heavy atom. The molecule has 1 aliphatic carbocycles. The largest absolute Gasteiger partial charge is 0.343 e. The molecule has 0 aliphatic heterocycles. The SMILES string of the molecule is CC(=O)Nc1ccc(CC(=O)NC2(c3noc(C)n3)CCCC2)cc1. The number of aryl methyl sites for hydroxylation is 1. The third kappa shape index (κ3) is 4.04. The fourth-order valence-electron chi connectivity index (χ4n) is 3.28. The molecule has 132 valence electrons. The Balaban J connectivity index is 1.67. The molecule has 3 rings (SSSR count). The van der Waals surface area contributed by atoms with Crippen molar-refractivity contribution < 1.29 is 14.1 Å². The standard InChI is InChI=1S/C18H22N4O3/c1-12(23)19-15-7-5-14(6-8-15)11-16(24)21-18(9-3-4-10-18)17-20-13(2)25-22-17/h5-8H,3-4,9-11H2,1-2H3,(H,19,23)(H,21,24). The van der Waals surface area contributed by atoms with Gasteiger partial charge in [-0.05, 0) is 30.5 Å². The van der Waals surface area contributed by atoms with E-state index in [-0.39, 0.29) is 18.2 Å². The van der Waals surface area contributed by atoms with E-state index in [1.807, 2.05) is 12.1 Å². The van der Waals surface area contributed by atoms with Gasteiger partial charge in [0.15, 0.2) is 5.82 Å². The van der Waals surface area contributed by atoms with Crippen molar-refractivity contribution in [2.45, 2.75) is 51.5 Å². The lowest BCUT2D eigenvalue weighted by atomic mass is 9.96. The van der Waals surface area contributed by atoms with E-state index in [0.717, 1.165) is 31.2 Å². The van der Waals surface area contributed by atoms with Crippen LogP contribution in [0.2, 0.25) is 0 Å². The lowest BCUT2D eigenvalue weighted by molar-refractivity contribution is -0.122. The second-order valence-electron chi connectivity index (χ2n) is 6.53. The number of hydrogen-bond donors (Lipinski definition) is 2. The molecule has 0 saturated heterocycles. The fourth-order valence-corrected chi connectivity index (χ4v) is 3.28. The second-order valence-corrected chi connectivity index (χ2v) is 6.53. The van der Waals surface area contributed by atoms with Crippen molar-refractivity contribution in [3.63, 3.8) is 0 Å². The van der Waals surface area contributed by atoms with E-state index in [1.54, 1.807) is 19.1 Å². The number of rotatable bonds is 5. The molecule has 1 saturated carbocycles. The Labute approximate surface area is 146 Å². The normalized spacial score (nSPS) is 15.8. The Morgan fingerprint density at radius 1 is 1.20 bits per heavy atom. The molecule has 25 heavy (non-hydrogen) atoms. The van der Waals surface area contributed by atoms with Crippen molar-refractivity contribution in [2.24, 2.45) is 0 Å². The van der Waals surface area contributed by atoms with Crippen molar-refractivity contribution in [3.8, 4) is 0 Å². The molecule has 2 amide bonds. The van der Waals surface area contributed by atoms with Gasteiger partial charge in [0.2, 0.25) is 17.7 Å². The molecule has 7 nitrogen and oxygen atoms in total. The van der Waals surface area contributed by atoms with E-state index in [1.165, 1.54) is 6.92 Å². The fraction of sp³-hybridized carbons (Fsp3) is 0.444. The molecule has 0 radical (unpaired) electrons. The van der Waals surface area contributed by atoms with Crippen LogP contribution in [0.25, 0.3) is 0 Å². The summed E-state index contributed by atoms with van der Waals surface area (Å²) in [4.78, 5) is 27.9. The Hall–Kier alpha value is -2.70. The summed E-state index contributed by atoms with van der Waals surface area (Å²) in [5.74, 6) is 0.877. The van der Waals surface area contributed by atoms with E-state index < -0.39 is 5.54 Å². The van der Waals surface area contributed by atoms with Gasteiger partial charge in [-0.15, -0.1) is 0 Å². The minimum Gasteiger partial charge on any atom is -0.343 e. The molecule has 0 spiro atoms. The Morgan fingerprint density at radius 3 is 2.44 bits per heavy atom. The number of carbonyl (C=O) groups excluding carboxylic acids is 2. The van der Waals surface area contributed by atoms with E-state index in [2.05, 4.69) is 20.8 Å². The molecule has 1 aromatic carbocycles. The van der Waals surface area contributed by atoms with Crippen LogP contribution in [0, 0.1) is 6.92 Å². The molecule has 1 aromatic heterocycles. The molecule has 0 atom stereocenters. The minimum absolute atomic E-state index is 0.0726. The smallest absolute Gasteiger partial charge is 0.225 e. The molecule has 1 aliphatic rings.